The second kappa shape index (κ2) is 9.05. The molecule has 0 aliphatic carbocycles. The number of benzene rings is 2. The molecule has 8 heteroatoms. The molecule has 0 atom stereocenters. The number of rotatable bonds is 7. The fraction of sp³-hybridized carbons (Fsp3) is 0.360. The molecule has 4 aromatic rings. The largest absolute Gasteiger partial charge is 0.352 e. The van der Waals surface area contributed by atoms with Crippen molar-refractivity contribution >= 4 is 22.6 Å². The van der Waals surface area contributed by atoms with Gasteiger partial charge in [0.15, 0.2) is 0 Å². The molecule has 0 fully saturated rings. The zero-order valence-corrected chi connectivity index (χ0v) is 19.4. The van der Waals surface area contributed by atoms with Crippen LogP contribution in [0.25, 0.3) is 16.7 Å². The third-order valence-corrected chi connectivity index (χ3v) is 5.43. The highest BCUT2D eigenvalue weighted by Gasteiger charge is 2.19. The van der Waals surface area contributed by atoms with Crippen molar-refractivity contribution in [3.63, 3.8) is 0 Å². The average Bonchev–Trinajstić information content (AvgIpc) is 3.11. The Hall–Kier alpha value is -3.68. The van der Waals surface area contributed by atoms with Gasteiger partial charge >= 0.3 is 5.69 Å². The lowest BCUT2D eigenvalue weighted by Crippen LogP contribution is -2.29. The molecule has 0 radical (unpaired) electrons. The number of hydrogen-bond donors (Lipinski definition) is 1. The SMILES string of the molecule is CC(C)CNC(=O)c1ccc2c(=O)n(CC(C)C)c3nn(Cc4ccccc4)c(=O)n3c2c1. The summed E-state index contributed by atoms with van der Waals surface area (Å²) in [7, 11) is 0. The van der Waals surface area contributed by atoms with Crippen molar-refractivity contribution in [2.75, 3.05) is 6.54 Å². The maximum Gasteiger partial charge on any atom is 0.352 e. The molecule has 4 rings (SSSR count). The molecule has 0 spiro atoms. The van der Waals surface area contributed by atoms with Crippen LogP contribution in [0.3, 0.4) is 0 Å². The molecule has 0 aliphatic heterocycles. The van der Waals surface area contributed by atoms with E-state index in [1.54, 1.807) is 22.8 Å². The first-order valence-electron chi connectivity index (χ1n) is 11.2. The van der Waals surface area contributed by atoms with E-state index < -0.39 is 0 Å². The summed E-state index contributed by atoms with van der Waals surface area (Å²) in [6, 6.07) is 14.4. The van der Waals surface area contributed by atoms with Gasteiger partial charge in [-0.2, -0.15) is 0 Å². The molecule has 8 nitrogen and oxygen atoms in total. The summed E-state index contributed by atoms with van der Waals surface area (Å²) in [5.41, 5.74) is 1.14. The van der Waals surface area contributed by atoms with Crippen LogP contribution in [0.5, 0.6) is 0 Å². The molecule has 0 unspecified atom stereocenters. The van der Waals surface area contributed by atoms with E-state index in [1.807, 2.05) is 58.0 Å². The summed E-state index contributed by atoms with van der Waals surface area (Å²) in [6.07, 6.45) is 0. The number of carbonyl (C=O) groups is 1. The van der Waals surface area contributed by atoms with Crippen molar-refractivity contribution in [3.8, 4) is 0 Å². The van der Waals surface area contributed by atoms with E-state index >= 15 is 0 Å². The van der Waals surface area contributed by atoms with Gasteiger partial charge in [-0.3, -0.25) is 14.2 Å². The molecule has 1 amide bonds. The number of nitrogens with one attached hydrogen (secondary N) is 1. The van der Waals surface area contributed by atoms with Gasteiger partial charge in [0.25, 0.3) is 11.5 Å². The highest BCUT2D eigenvalue weighted by molar-refractivity contribution is 5.98. The lowest BCUT2D eigenvalue weighted by molar-refractivity contribution is 0.0949. The van der Waals surface area contributed by atoms with Crippen molar-refractivity contribution in [1.82, 2.24) is 24.1 Å². The average molecular weight is 448 g/mol. The van der Waals surface area contributed by atoms with E-state index in [2.05, 4.69) is 10.4 Å². The van der Waals surface area contributed by atoms with Crippen molar-refractivity contribution in [2.24, 2.45) is 11.8 Å². The smallest absolute Gasteiger partial charge is 0.352 e. The van der Waals surface area contributed by atoms with Gasteiger partial charge in [0.2, 0.25) is 5.78 Å². The van der Waals surface area contributed by atoms with Crippen molar-refractivity contribution in [2.45, 2.75) is 40.8 Å². The molecule has 2 aromatic heterocycles. The van der Waals surface area contributed by atoms with E-state index in [-0.39, 0.29) is 35.4 Å². The molecular formula is C25H29N5O3. The number of aromatic nitrogens is 4. The topological polar surface area (TPSA) is 90.4 Å². The fourth-order valence-corrected chi connectivity index (χ4v) is 3.84. The minimum atomic E-state index is -0.351. The first-order valence-corrected chi connectivity index (χ1v) is 11.2. The number of carbonyl (C=O) groups excluding carboxylic acids is 1. The lowest BCUT2D eigenvalue weighted by atomic mass is 10.1. The van der Waals surface area contributed by atoms with Gasteiger partial charge in [0.05, 0.1) is 17.4 Å². The minimum absolute atomic E-state index is 0.180. The predicted molar refractivity (Wildman–Crippen MR) is 129 cm³/mol. The number of amides is 1. The summed E-state index contributed by atoms with van der Waals surface area (Å²) in [5, 5.41) is 7.80. The Balaban J connectivity index is 1.94. The molecule has 0 bridgehead atoms. The van der Waals surface area contributed by atoms with Crippen LogP contribution in [0.2, 0.25) is 0 Å². The monoisotopic (exact) mass is 447 g/mol. The molecule has 33 heavy (non-hydrogen) atoms. The second-order valence-corrected chi connectivity index (χ2v) is 9.21. The Bertz CT molecular complexity index is 1430. The zero-order chi connectivity index (χ0) is 23.7. The maximum atomic E-state index is 13.4. The lowest BCUT2D eigenvalue weighted by Gasteiger charge is -2.13. The van der Waals surface area contributed by atoms with E-state index in [4.69, 9.17) is 0 Å². The fourth-order valence-electron chi connectivity index (χ4n) is 3.84. The van der Waals surface area contributed by atoms with Crippen LogP contribution in [-0.4, -0.2) is 31.2 Å². The van der Waals surface area contributed by atoms with E-state index in [0.717, 1.165) is 5.56 Å². The molecule has 172 valence electrons. The van der Waals surface area contributed by atoms with E-state index in [9.17, 15) is 14.4 Å². The third-order valence-electron chi connectivity index (χ3n) is 5.43. The Morgan fingerprint density at radius 1 is 1.00 bits per heavy atom. The summed E-state index contributed by atoms with van der Waals surface area (Å²) in [6.45, 7) is 9.30. The molecule has 0 saturated carbocycles. The second-order valence-electron chi connectivity index (χ2n) is 9.21. The zero-order valence-electron chi connectivity index (χ0n) is 19.4. The molecule has 0 saturated heterocycles. The van der Waals surface area contributed by atoms with Crippen LogP contribution in [0.15, 0.2) is 58.1 Å². The summed E-state index contributed by atoms with van der Waals surface area (Å²) in [4.78, 5) is 39.4. The van der Waals surface area contributed by atoms with Gasteiger partial charge in [0, 0.05) is 18.7 Å². The first-order chi connectivity index (χ1) is 15.8. The van der Waals surface area contributed by atoms with Crippen LogP contribution >= 0.6 is 0 Å². The van der Waals surface area contributed by atoms with E-state index in [1.165, 1.54) is 9.08 Å². The van der Waals surface area contributed by atoms with Crippen LogP contribution in [0.1, 0.15) is 43.6 Å². The standard InChI is InChI=1S/C25H29N5O3/c1-16(2)13-26-22(31)19-10-11-20-21(12-19)30-24(28(23(20)32)14-17(3)4)27-29(25(30)33)15-18-8-6-5-7-9-18/h5-12,16-17H,13-15H2,1-4H3,(H,26,31). The summed E-state index contributed by atoms with van der Waals surface area (Å²) in [5.74, 6) is 0.527. The van der Waals surface area contributed by atoms with Crippen LogP contribution in [0.4, 0.5) is 0 Å². The Morgan fingerprint density at radius 2 is 1.73 bits per heavy atom. The highest BCUT2D eigenvalue weighted by atomic mass is 16.2. The van der Waals surface area contributed by atoms with Crippen LogP contribution in [0, 0.1) is 11.8 Å². The Labute approximate surface area is 191 Å². The number of hydrogen-bond acceptors (Lipinski definition) is 4. The first kappa shape index (κ1) is 22.5. The minimum Gasteiger partial charge on any atom is -0.352 e. The van der Waals surface area contributed by atoms with Crippen LogP contribution < -0.4 is 16.6 Å². The highest BCUT2D eigenvalue weighted by Crippen LogP contribution is 2.15. The Morgan fingerprint density at radius 3 is 2.39 bits per heavy atom. The van der Waals surface area contributed by atoms with Gasteiger partial charge in [-0.1, -0.05) is 58.0 Å². The summed E-state index contributed by atoms with van der Waals surface area (Å²) < 4.78 is 4.36. The molecule has 2 aromatic carbocycles. The van der Waals surface area contributed by atoms with Crippen molar-refractivity contribution in [3.05, 3.63) is 80.5 Å². The van der Waals surface area contributed by atoms with Gasteiger partial charge in [-0.05, 0) is 35.6 Å². The maximum absolute atomic E-state index is 13.4. The predicted octanol–water partition coefficient (Wildman–Crippen LogP) is 2.90. The molecule has 0 aliphatic rings. The van der Waals surface area contributed by atoms with Crippen molar-refractivity contribution < 1.29 is 4.79 Å². The van der Waals surface area contributed by atoms with Crippen molar-refractivity contribution in [1.29, 1.82) is 0 Å². The quantitative estimate of drug-likeness (QED) is 0.472. The van der Waals surface area contributed by atoms with E-state index in [0.29, 0.717) is 35.5 Å². The molecule has 2 heterocycles. The van der Waals surface area contributed by atoms with Crippen LogP contribution in [-0.2, 0) is 13.1 Å². The third kappa shape index (κ3) is 4.46. The summed E-state index contributed by atoms with van der Waals surface area (Å²) >= 11 is 0. The number of nitrogens with zero attached hydrogens (tertiary/aromatic N) is 4. The van der Waals surface area contributed by atoms with Gasteiger partial charge < -0.3 is 5.32 Å². The normalized spacial score (nSPS) is 11.7. The number of fused-ring (bicyclic) bond motifs is 3. The molecular weight excluding hydrogens is 418 g/mol. The van der Waals surface area contributed by atoms with Gasteiger partial charge in [0.1, 0.15) is 0 Å². The Kier molecular flexibility index (Phi) is 6.18. The van der Waals surface area contributed by atoms with Gasteiger partial charge in [-0.25, -0.2) is 13.9 Å². The molecule has 1 N–H and O–H groups in total. The van der Waals surface area contributed by atoms with Gasteiger partial charge in [-0.15, -0.1) is 5.10 Å².